The lowest BCUT2D eigenvalue weighted by molar-refractivity contribution is -0.118. The van der Waals surface area contributed by atoms with E-state index >= 15 is 0 Å². The third kappa shape index (κ3) is 3.75. The predicted molar refractivity (Wildman–Crippen MR) is 81.1 cm³/mol. The number of aromatic nitrogens is 2. The molecule has 0 saturated heterocycles. The van der Waals surface area contributed by atoms with Crippen molar-refractivity contribution in [1.29, 1.82) is 0 Å². The van der Waals surface area contributed by atoms with Crippen molar-refractivity contribution >= 4 is 11.6 Å². The van der Waals surface area contributed by atoms with E-state index in [0.29, 0.717) is 5.75 Å². The summed E-state index contributed by atoms with van der Waals surface area (Å²) in [4.78, 5) is 11.7. The molecule has 0 bridgehead atoms. The van der Waals surface area contributed by atoms with Gasteiger partial charge < -0.3 is 15.8 Å². The van der Waals surface area contributed by atoms with Gasteiger partial charge in [0.05, 0.1) is 13.3 Å². The zero-order chi connectivity index (χ0) is 15.2. The topological polar surface area (TPSA) is 82.2 Å². The van der Waals surface area contributed by atoms with Crippen LogP contribution in [0.5, 0.6) is 5.75 Å². The third-order valence-electron chi connectivity index (χ3n) is 3.10. The largest absolute Gasteiger partial charge is 0.497 e. The molecule has 6 heteroatoms. The van der Waals surface area contributed by atoms with Crippen LogP contribution >= 0.6 is 0 Å². The Morgan fingerprint density at radius 2 is 2.33 bits per heavy atom. The fraction of sp³-hybridized carbons (Fsp3) is 0.333. The Kier molecular flexibility index (Phi) is 4.81. The molecule has 0 spiro atoms. The van der Waals surface area contributed by atoms with Crippen molar-refractivity contribution in [2.24, 2.45) is 5.73 Å². The van der Waals surface area contributed by atoms with Gasteiger partial charge in [0, 0.05) is 30.1 Å². The molecule has 0 aliphatic carbocycles. The van der Waals surface area contributed by atoms with E-state index in [9.17, 15) is 4.79 Å². The number of rotatable bonds is 7. The van der Waals surface area contributed by atoms with Crippen LogP contribution < -0.4 is 15.8 Å². The first-order valence-electron chi connectivity index (χ1n) is 6.86. The number of hydrogen-bond acceptors (Lipinski definition) is 4. The molecule has 1 unspecified atom stereocenters. The molecule has 0 aliphatic heterocycles. The van der Waals surface area contributed by atoms with Crippen molar-refractivity contribution in [2.45, 2.75) is 25.9 Å². The van der Waals surface area contributed by atoms with E-state index in [1.54, 1.807) is 18.0 Å². The van der Waals surface area contributed by atoms with Crippen molar-refractivity contribution in [3.8, 4) is 5.75 Å². The highest BCUT2D eigenvalue weighted by Crippen LogP contribution is 2.22. The van der Waals surface area contributed by atoms with Gasteiger partial charge in [0.1, 0.15) is 11.8 Å². The second-order valence-corrected chi connectivity index (χ2v) is 4.75. The molecule has 1 heterocycles. The molecule has 2 rings (SSSR count). The lowest BCUT2D eigenvalue weighted by Crippen LogP contribution is -2.27. The van der Waals surface area contributed by atoms with E-state index < -0.39 is 11.9 Å². The van der Waals surface area contributed by atoms with E-state index in [1.807, 2.05) is 30.5 Å². The van der Waals surface area contributed by atoms with E-state index in [4.69, 9.17) is 10.5 Å². The zero-order valence-electron chi connectivity index (χ0n) is 12.2. The van der Waals surface area contributed by atoms with Crippen molar-refractivity contribution < 1.29 is 9.53 Å². The Morgan fingerprint density at radius 3 is 3.00 bits per heavy atom. The van der Waals surface area contributed by atoms with Gasteiger partial charge in [0.15, 0.2) is 0 Å². The maximum atomic E-state index is 11.7. The fourth-order valence-electron chi connectivity index (χ4n) is 2.08. The number of ether oxygens (including phenoxy) is 1. The first kappa shape index (κ1) is 14.9. The fourth-order valence-corrected chi connectivity index (χ4v) is 2.08. The average molecular weight is 288 g/mol. The Balaban J connectivity index is 2.20. The van der Waals surface area contributed by atoms with Crippen LogP contribution in [0.1, 0.15) is 24.9 Å². The maximum absolute atomic E-state index is 11.7. The Hall–Kier alpha value is -2.50. The summed E-state index contributed by atoms with van der Waals surface area (Å²) in [6, 6.07) is 6.73. The Morgan fingerprint density at radius 1 is 1.52 bits per heavy atom. The summed E-state index contributed by atoms with van der Waals surface area (Å²) >= 11 is 0. The molecule has 0 radical (unpaired) electrons. The van der Waals surface area contributed by atoms with Crippen LogP contribution in [0.15, 0.2) is 36.7 Å². The number of benzene rings is 1. The predicted octanol–water partition coefficient (Wildman–Crippen LogP) is 1.94. The minimum atomic E-state index is -0.622. The highest BCUT2D eigenvalue weighted by molar-refractivity contribution is 5.84. The Bertz CT molecular complexity index is 609. The average Bonchev–Trinajstić information content (AvgIpc) is 2.93. The van der Waals surface area contributed by atoms with Crippen molar-refractivity contribution in [3.05, 3.63) is 42.2 Å². The molecular weight excluding hydrogens is 268 g/mol. The number of amides is 1. The maximum Gasteiger partial charge on any atom is 0.244 e. The number of carbonyl (C=O) groups excluding carboxylic acids is 1. The molecule has 0 aliphatic rings. The number of hydrogen-bond donors (Lipinski definition) is 2. The third-order valence-corrected chi connectivity index (χ3v) is 3.10. The zero-order valence-corrected chi connectivity index (χ0v) is 12.2. The molecule has 2 aromatic rings. The minimum absolute atomic E-state index is 0.450. The highest BCUT2D eigenvalue weighted by Gasteiger charge is 2.19. The van der Waals surface area contributed by atoms with Crippen LogP contribution in [0, 0.1) is 0 Å². The summed E-state index contributed by atoms with van der Waals surface area (Å²) in [6.45, 7) is 2.88. The van der Waals surface area contributed by atoms with Crippen molar-refractivity contribution in [3.63, 3.8) is 0 Å². The van der Waals surface area contributed by atoms with Crippen LogP contribution in [0.3, 0.4) is 0 Å². The summed E-state index contributed by atoms with van der Waals surface area (Å²) in [5, 5.41) is 7.35. The number of nitrogens with zero attached hydrogens (tertiary/aromatic N) is 2. The number of carbonyl (C=O) groups is 1. The normalized spacial score (nSPS) is 11.9. The molecule has 0 saturated carbocycles. The molecule has 1 atom stereocenters. The van der Waals surface area contributed by atoms with Gasteiger partial charge in [-0.15, -0.1) is 0 Å². The van der Waals surface area contributed by atoms with E-state index in [0.717, 1.165) is 24.2 Å². The van der Waals surface area contributed by atoms with Crippen LogP contribution in [-0.2, 0) is 11.3 Å². The van der Waals surface area contributed by atoms with E-state index in [1.165, 1.54) is 0 Å². The quantitative estimate of drug-likeness (QED) is 0.815. The molecule has 1 aromatic heterocycles. The number of anilines is 1. The highest BCUT2D eigenvalue weighted by atomic mass is 16.5. The van der Waals surface area contributed by atoms with Gasteiger partial charge >= 0.3 is 0 Å². The van der Waals surface area contributed by atoms with Crippen LogP contribution in [0.2, 0.25) is 0 Å². The first-order chi connectivity index (χ1) is 10.1. The summed E-state index contributed by atoms with van der Waals surface area (Å²) in [7, 11) is 1.60. The number of primary amides is 1. The first-order valence-corrected chi connectivity index (χ1v) is 6.86. The second-order valence-electron chi connectivity index (χ2n) is 4.75. The minimum Gasteiger partial charge on any atom is -0.497 e. The van der Waals surface area contributed by atoms with Gasteiger partial charge in [-0.05, 0) is 18.6 Å². The SMILES string of the molecule is CCCn1cc(C(Nc2cccc(OC)c2)C(N)=O)cn1. The molecule has 21 heavy (non-hydrogen) atoms. The molecule has 6 nitrogen and oxygen atoms in total. The molecular formula is C15H20N4O2. The molecule has 0 fully saturated rings. The molecule has 1 aromatic carbocycles. The van der Waals surface area contributed by atoms with E-state index in [2.05, 4.69) is 17.3 Å². The number of aryl methyl sites for hydroxylation is 1. The second kappa shape index (κ2) is 6.78. The smallest absolute Gasteiger partial charge is 0.244 e. The number of methoxy groups -OCH3 is 1. The van der Waals surface area contributed by atoms with Gasteiger partial charge in [-0.2, -0.15) is 5.10 Å². The van der Waals surface area contributed by atoms with E-state index in [-0.39, 0.29) is 0 Å². The number of nitrogens with two attached hydrogens (primary N) is 1. The van der Waals surface area contributed by atoms with Gasteiger partial charge in [0.25, 0.3) is 0 Å². The lowest BCUT2D eigenvalue weighted by atomic mass is 10.1. The number of nitrogens with one attached hydrogen (secondary N) is 1. The van der Waals surface area contributed by atoms with Crippen molar-refractivity contribution in [2.75, 3.05) is 12.4 Å². The lowest BCUT2D eigenvalue weighted by Gasteiger charge is -2.15. The van der Waals surface area contributed by atoms with Crippen molar-refractivity contribution in [1.82, 2.24) is 9.78 Å². The molecule has 3 N–H and O–H groups in total. The van der Waals surface area contributed by atoms with Gasteiger partial charge in [-0.25, -0.2) is 0 Å². The van der Waals surface area contributed by atoms with Gasteiger partial charge in [-0.1, -0.05) is 13.0 Å². The summed E-state index contributed by atoms with van der Waals surface area (Å²) < 4.78 is 6.97. The standard InChI is InChI=1S/C15H20N4O2/c1-3-7-19-10-11(9-17-19)14(15(16)20)18-12-5-4-6-13(8-12)21-2/h4-6,8-10,14,18H,3,7H2,1-2H3,(H2,16,20). The summed E-state index contributed by atoms with van der Waals surface area (Å²) in [5.41, 5.74) is 7.01. The summed E-state index contributed by atoms with van der Waals surface area (Å²) in [5.74, 6) is 0.263. The molecule has 1 amide bonds. The van der Waals surface area contributed by atoms with Gasteiger partial charge in [0.2, 0.25) is 5.91 Å². The van der Waals surface area contributed by atoms with Crippen LogP contribution in [0.4, 0.5) is 5.69 Å². The molecule has 112 valence electrons. The monoisotopic (exact) mass is 288 g/mol. The Labute approximate surface area is 123 Å². The summed E-state index contributed by atoms with van der Waals surface area (Å²) in [6.07, 6.45) is 4.48. The van der Waals surface area contributed by atoms with Gasteiger partial charge in [-0.3, -0.25) is 9.48 Å². The van der Waals surface area contributed by atoms with Crippen LogP contribution in [0.25, 0.3) is 0 Å². The van der Waals surface area contributed by atoms with Crippen LogP contribution in [-0.4, -0.2) is 22.8 Å².